The van der Waals surface area contributed by atoms with Crippen LogP contribution in [0.25, 0.3) is 0 Å². The van der Waals surface area contributed by atoms with Gasteiger partial charge in [-0.2, -0.15) is 0 Å². The summed E-state index contributed by atoms with van der Waals surface area (Å²) in [6, 6.07) is 11.8. The molecule has 17 heavy (non-hydrogen) atoms. The van der Waals surface area contributed by atoms with Crippen LogP contribution < -0.4 is 0 Å². The molecule has 0 N–H and O–H groups in total. The van der Waals surface area contributed by atoms with Gasteiger partial charge >= 0.3 is 0 Å². The Morgan fingerprint density at radius 3 is 2.88 bits per heavy atom. The van der Waals surface area contributed by atoms with Gasteiger partial charge < -0.3 is 0 Å². The topological polar surface area (TPSA) is 3.24 Å². The highest BCUT2D eigenvalue weighted by Gasteiger charge is 2.33. The van der Waals surface area contributed by atoms with E-state index in [9.17, 15) is 0 Å². The van der Waals surface area contributed by atoms with E-state index in [0.717, 1.165) is 0 Å². The third-order valence-corrected chi connectivity index (χ3v) is 5.08. The molecule has 4 rings (SSSR count). The molecule has 0 aliphatic carbocycles. The zero-order valence-electron chi connectivity index (χ0n) is 9.73. The highest BCUT2D eigenvalue weighted by molar-refractivity contribution is 7.10. The van der Waals surface area contributed by atoms with E-state index < -0.39 is 0 Å². The first-order chi connectivity index (χ1) is 8.43. The van der Waals surface area contributed by atoms with Gasteiger partial charge in [0, 0.05) is 18.0 Å². The zero-order valence-corrected chi connectivity index (χ0v) is 10.5. The Balaban J connectivity index is 1.91. The molecule has 0 amide bonds. The quantitative estimate of drug-likeness (QED) is 0.684. The lowest BCUT2D eigenvalue weighted by molar-refractivity contribution is 0.204. The molecule has 2 aliphatic heterocycles. The Hall–Kier alpha value is -1.12. The molecule has 1 aromatic heterocycles. The Morgan fingerprint density at radius 2 is 1.88 bits per heavy atom. The predicted molar refractivity (Wildman–Crippen MR) is 71.6 cm³/mol. The monoisotopic (exact) mass is 241 g/mol. The van der Waals surface area contributed by atoms with E-state index in [1.54, 1.807) is 16.0 Å². The molecule has 0 saturated heterocycles. The van der Waals surface area contributed by atoms with Crippen molar-refractivity contribution in [3.63, 3.8) is 0 Å². The molecule has 2 heteroatoms. The molecular weight excluding hydrogens is 226 g/mol. The van der Waals surface area contributed by atoms with E-state index in [0.29, 0.717) is 6.04 Å². The smallest absolute Gasteiger partial charge is 0.0615 e. The van der Waals surface area contributed by atoms with E-state index >= 15 is 0 Å². The summed E-state index contributed by atoms with van der Waals surface area (Å²) in [6.07, 6.45) is 2.46. The van der Waals surface area contributed by atoms with Crippen molar-refractivity contribution in [3.8, 4) is 0 Å². The van der Waals surface area contributed by atoms with Crippen molar-refractivity contribution < 1.29 is 0 Å². The number of hydrogen-bond donors (Lipinski definition) is 0. The van der Waals surface area contributed by atoms with Crippen LogP contribution >= 0.6 is 11.3 Å². The SMILES string of the molecule is c1ccc2c(c1)CCN1CCc3sccc3C21. The number of nitrogens with zero attached hydrogens (tertiary/aromatic N) is 1. The lowest BCUT2D eigenvalue weighted by atomic mass is 9.86. The highest BCUT2D eigenvalue weighted by atomic mass is 32.1. The summed E-state index contributed by atoms with van der Waals surface area (Å²) in [5, 5.41) is 2.26. The highest BCUT2D eigenvalue weighted by Crippen LogP contribution is 2.41. The summed E-state index contributed by atoms with van der Waals surface area (Å²) >= 11 is 1.93. The first kappa shape index (κ1) is 9.86. The molecule has 1 atom stereocenters. The molecule has 0 fully saturated rings. The van der Waals surface area contributed by atoms with Crippen LogP contribution in [0.2, 0.25) is 0 Å². The van der Waals surface area contributed by atoms with E-state index in [-0.39, 0.29) is 0 Å². The first-order valence-corrected chi connectivity index (χ1v) is 7.19. The fourth-order valence-corrected chi connectivity index (χ4v) is 4.17. The third-order valence-electron chi connectivity index (χ3n) is 4.08. The summed E-state index contributed by atoms with van der Waals surface area (Å²) in [5.41, 5.74) is 4.65. The van der Waals surface area contributed by atoms with E-state index in [2.05, 4.69) is 40.6 Å². The molecule has 1 nitrogen and oxygen atoms in total. The van der Waals surface area contributed by atoms with Crippen LogP contribution in [0.15, 0.2) is 35.7 Å². The fourth-order valence-electron chi connectivity index (χ4n) is 3.27. The van der Waals surface area contributed by atoms with Gasteiger partial charge in [0.1, 0.15) is 0 Å². The second-order valence-corrected chi connectivity index (χ2v) is 5.94. The largest absolute Gasteiger partial charge is 0.292 e. The van der Waals surface area contributed by atoms with Gasteiger partial charge in [-0.3, -0.25) is 4.90 Å². The van der Waals surface area contributed by atoms with Gasteiger partial charge in [0.2, 0.25) is 0 Å². The normalized spacial score (nSPS) is 22.7. The standard InChI is InChI=1S/C15H15NS/c1-2-4-12-11(3-1)5-8-16-9-6-14-13(15(12)16)7-10-17-14/h1-4,7,10,15H,5-6,8-9H2. The zero-order chi connectivity index (χ0) is 11.2. The van der Waals surface area contributed by atoms with Gasteiger partial charge in [-0.25, -0.2) is 0 Å². The molecule has 2 aliphatic rings. The number of fused-ring (bicyclic) bond motifs is 5. The summed E-state index contributed by atoms with van der Waals surface area (Å²) in [6.45, 7) is 2.45. The maximum absolute atomic E-state index is 2.65. The molecule has 86 valence electrons. The number of hydrogen-bond acceptors (Lipinski definition) is 2. The predicted octanol–water partition coefficient (Wildman–Crippen LogP) is 3.25. The molecular formula is C15H15NS. The van der Waals surface area contributed by atoms with Gasteiger partial charge in [-0.15, -0.1) is 11.3 Å². The third kappa shape index (κ3) is 1.41. The van der Waals surface area contributed by atoms with Crippen LogP contribution in [0.5, 0.6) is 0 Å². The molecule has 3 heterocycles. The van der Waals surface area contributed by atoms with Crippen LogP contribution in [-0.2, 0) is 12.8 Å². The van der Waals surface area contributed by atoms with Crippen molar-refractivity contribution in [1.82, 2.24) is 4.90 Å². The summed E-state index contributed by atoms with van der Waals surface area (Å²) < 4.78 is 0. The summed E-state index contributed by atoms with van der Waals surface area (Å²) in [4.78, 5) is 4.25. The van der Waals surface area contributed by atoms with Crippen molar-refractivity contribution >= 4 is 11.3 Å². The van der Waals surface area contributed by atoms with E-state index in [4.69, 9.17) is 0 Å². The van der Waals surface area contributed by atoms with Crippen LogP contribution in [0.1, 0.15) is 27.6 Å². The molecule has 1 unspecified atom stereocenters. The molecule has 0 saturated carbocycles. The second kappa shape index (κ2) is 3.69. The Labute approximate surface area is 106 Å². The maximum atomic E-state index is 2.65. The van der Waals surface area contributed by atoms with Gasteiger partial charge in [-0.1, -0.05) is 24.3 Å². The minimum atomic E-state index is 0.537. The average molecular weight is 241 g/mol. The average Bonchev–Trinajstić information content (AvgIpc) is 2.86. The number of benzene rings is 1. The molecule has 2 aromatic rings. The minimum absolute atomic E-state index is 0.537. The first-order valence-electron chi connectivity index (χ1n) is 6.31. The van der Waals surface area contributed by atoms with Crippen molar-refractivity contribution in [1.29, 1.82) is 0 Å². The minimum Gasteiger partial charge on any atom is -0.292 e. The van der Waals surface area contributed by atoms with E-state index in [1.807, 2.05) is 11.3 Å². The van der Waals surface area contributed by atoms with Crippen molar-refractivity contribution in [2.24, 2.45) is 0 Å². The van der Waals surface area contributed by atoms with E-state index in [1.165, 1.54) is 31.5 Å². The lowest BCUT2D eigenvalue weighted by Gasteiger charge is -2.40. The lowest BCUT2D eigenvalue weighted by Crippen LogP contribution is -2.40. The molecule has 0 bridgehead atoms. The molecule has 1 aromatic carbocycles. The van der Waals surface area contributed by atoms with Gasteiger partial charge in [0.25, 0.3) is 0 Å². The second-order valence-electron chi connectivity index (χ2n) is 4.94. The van der Waals surface area contributed by atoms with Gasteiger partial charge in [0.05, 0.1) is 6.04 Å². The van der Waals surface area contributed by atoms with Crippen LogP contribution in [0, 0.1) is 0 Å². The summed E-state index contributed by atoms with van der Waals surface area (Å²) in [5.74, 6) is 0. The molecule has 0 spiro atoms. The van der Waals surface area contributed by atoms with Crippen LogP contribution in [0.4, 0.5) is 0 Å². The fraction of sp³-hybridized carbons (Fsp3) is 0.333. The van der Waals surface area contributed by atoms with Crippen LogP contribution in [-0.4, -0.2) is 18.0 Å². The van der Waals surface area contributed by atoms with Gasteiger partial charge in [-0.05, 0) is 41.0 Å². The van der Waals surface area contributed by atoms with Crippen molar-refractivity contribution in [3.05, 3.63) is 57.3 Å². The van der Waals surface area contributed by atoms with Crippen molar-refractivity contribution in [2.75, 3.05) is 13.1 Å². The Morgan fingerprint density at radius 1 is 1.00 bits per heavy atom. The van der Waals surface area contributed by atoms with Gasteiger partial charge in [0.15, 0.2) is 0 Å². The Bertz CT molecular complexity index is 558. The maximum Gasteiger partial charge on any atom is 0.0615 e. The molecule has 0 radical (unpaired) electrons. The van der Waals surface area contributed by atoms with Crippen molar-refractivity contribution in [2.45, 2.75) is 18.9 Å². The number of thiophene rings is 1. The summed E-state index contributed by atoms with van der Waals surface area (Å²) in [7, 11) is 0. The van der Waals surface area contributed by atoms with Crippen LogP contribution in [0.3, 0.4) is 0 Å². The Kier molecular flexibility index (Phi) is 2.14. The number of rotatable bonds is 0.